The Kier molecular flexibility index (Phi) is 7.55. The van der Waals surface area contributed by atoms with E-state index in [4.69, 9.17) is 4.74 Å². The van der Waals surface area contributed by atoms with Crippen molar-refractivity contribution in [2.24, 2.45) is 5.92 Å². The van der Waals surface area contributed by atoms with Gasteiger partial charge in [-0.25, -0.2) is 0 Å². The molecular formula is C27H32N4O2. The zero-order valence-corrected chi connectivity index (χ0v) is 19.4. The van der Waals surface area contributed by atoms with Crippen molar-refractivity contribution in [3.63, 3.8) is 0 Å². The maximum absolute atomic E-state index is 12.7. The van der Waals surface area contributed by atoms with E-state index in [2.05, 4.69) is 51.6 Å². The molecule has 0 saturated carbocycles. The fourth-order valence-corrected chi connectivity index (χ4v) is 4.24. The number of anilines is 1. The second-order valence-corrected chi connectivity index (χ2v) is 8.70. The number of benzene rings is 2. The van der Waals surface area contributed by atoms with Crippen LogP contribution in [0.1, 0.15) is 31.7 Å². The molecule has 1 atom stereocenters. The lowest BCUT2D eigenvalue weighted by atomic mass is 9.95. The van der Waals surface area contributed by atoms with E-state index < -0.39 is 0 Å². The minimum atomic E-state index is 0.0620. The van der Waals surface area contributed by atoms with Gasteiger partial charge in [-0.15, -0.1) is 10.2 Å². The summed E-state index contributed by atoms with van der Waals surface area (Å²) >= 11 is 0. The molecule has 1 amide bonds. The van der Waals surface area contributed by atoms with Gasteiger partial charge in [-0.3, -0.25) is 4.79 Å². The number of ether oxygens (including phenoxy) is 1. The molecule has 6 heteroatoms. The van der Waals surface area contributed by atoms with Crippen molar-refractivity contribution in [3.8, 4) is 17.0 Å². The van der Waals surface area contributed by atoms with Gasteiger partial charge in [0.25, 0.3) is 0 Å². The minimum absolute atomic E-state index is 0.0620. The highest BCUT2D eigenvalue weighted by atomic mass is 16.5. The number of nitrogens with zero attached hydrogens (tertiary/aromatic N) is 3. The molecule has 1 N–H and O–H groups in total. The molecule has 4 rings (SSSR count). The number of amides is 1. The number of piperidine rings is 1. The Balaban J connectivity index is 1.24. The quantitative estimate of drug-likeness (QED) is 0.554. The molecule has 2 aromatic carbocycles. The molecule has 1 saturated heterocycles. The molecule has 172 valence electrons. The van der Waals surface area contributed by atoms with Crippen LogP contribution in [0.4, 0.5) is 5.82 Å². The third-order valence-corrected chi connectivity index (χ3v) is 6.32. The fraction of sp³-hybridized carbons (Fsp3) is 0.370. The van der Waals surface area contributed by atoms with Crippen molar-refractivity contribution in [2.45, 2.75) is 38.6 Å². The van der Waals surface area contributed by atoms with Crippen LogP contribution in [0, 0.1) is 5.92 Å². The van der Waals surface area contributed by atoms with Gasteiger partial charge in [-0.1, -0.05) is 30.3 Å². The van der Waals surface area contributed by atoms with Crippen LogP contribution < -0.4 is 15.0 Å². The van der Waals surface area contributed by atoms with Crippen LogP contribution >= 0.6 is 0 Å². The van der Waals surface area contributed by atoms with E-state index in [0.717, 1.165) is 61.6 Å². The number of aromatic nitrogens is 2. The summed E-state index contributed by atoms with van der Waals surface area (Å²) in [5.41, 5.74) is 3.15. The van der Waals surface area contributed by atoms with Crippen molar-refractivity contribution in [3.05, 3.63) is 72.3 Å². The van der Waals surface area contributed by atoms with Crippen LogP contribution in [0.15, 0.2) is 66.7 Å². The van der Waals surface area contributed by atoms with Gasteiger partial charge in [0.05, 0.1) is 12.8 Å². The highest BCUT2D eigenvalue weighted by Gasteiger charge is 2.26. The topological polar surface area (TPSA) is 67.3 Å². The van der Waals surface area contributed by atoms with E-state index in [1.807, 2.05) is 42.5 Å². The molecule has 1 fully saturated rings. The normalized spacial score (nSPS) is 15.2. The van der Waals surface area contributed by atoms with E-state index in [-0.39, 0.29) is 17.9 Å². The molecule has 2 heterocycles. The summed E-state index contributed by atoms with van der Waals surface area (Å²) < 4.78 is 5.21. The summed E-state index contributed by atoms with van der Waals surface area (Å²) in [6.07, 6.45) is 3.59. The molecule has 1 aromatic heterocycles. The molecule has 0 radical (unpaired) electrons. The Labute approximate surface area is 196 Å². The summed E-state index contributed by atoms with van der Waals surface area (Å²) in [5.74, 6) is 1.92. The zero-order valence-electron chi connectivity index (χ0n) is 19.4. The first kappa shape index (κ1) is 22.8. The van der Waals surface area contributed by atoms with E-state index in [1.165, 1.54) is 5.56 Å². The SMILES string of the molecule is COc1ccc(-c2ccc(N3CCC(C(=O)NC(C)CCc4ccccc4)CC3)nn2)cc1. The van der Waals surface area contributed by atoms with E-state index in [1.54, 1.807) is 7.11 Å². The molecular weight excluding hydrogens is 412 g/mol. The van der Waals surface area contributed by atoms with Crippen LogP contribution in [-0.4, -0.2) is 42.3 Å². The first-order valence-corrected chi connectivity index (χ1v) is 11.7. The van der Waals surface area contributed by atoms with Crippen LogP contribution in [0.25, 0.3) is 11.3 Å². The lowest BCUT2D eigenvalue weighted by Crippen LogP contribution is -2.43. The average Bonchev–Trinajstić information content (AvgIpc) is 2.88. The van der Waals surface area contributed by atoms with Gasteiger partial charge in [0.1, 0.15) is 5.75 Å². The van der Waals surface area contributed by atoms with Gasteiger partial charge in [0.15, 0.2) is 5.82 Å². The van der Waals surface area contributed by atoms with E-state index in [9.17, 15) is 4.79 Å². The van der Waals surface area contributed by atoms with Gasteiger partial charge in [-0.2, -0.15) is 0 Å². The number of carbonyl (C=O) groups is 1. The second-order valence-electron chi connectivity index (χ2n) is 8.70. The summed E-state index contributed by atoms with van der Waals surface area (Å²) in [4.78, 5) is 15.0. The number of carbonyl (C=O) groups excluding carboxylic acids is 1. The van der Waals surface area contributed by atoms with Gasteiger partial charge in [-0.05, 0) is 74.6 Å². The number of hydrogen-bond donors (Lipinski definition) is 1. The smallest absolute Gasteiger partial charge is 0.223 e. The summed E-state index contributed by atoms with van der Waals surface area (Å²) in [5, 5.41) is 12.1. The minimum Gasteiger partial charge on any atom is -0.497 e. The highest BCUT2D eigenvalue weighted by molar-refractivity contribution is 5.79. The first-order chi connectivity index (χ1) is 16.1. The Morgan fingerprint density at radius 2 is 1.76 bits per heavy atom. The molecule has 3 aromatic rings. The Bertz CT molecular complexity index is 1010. The van der Waals surface area contributed by atoms with Gasteiger partial charge >= 0.3 is 0 Å². The van der Waals surface area contributed by atoms with Crippen molar-refractivity contribution in [2.75, 3.05) is 25.1 Å². The first-order valence-electron chi connectivity index (χ1n) is 11.7. The third-order valence-electron chi connectivity index (χ3n) is 6.32. The number of hydrogen-bond acceptors (Lipinski definition) is 5. The Morgan fingerprint density at radius 1 is 1.03 bits per heavy atom. The molecule has 1 aliphatic rings. The number of nitrogens with one attached hydrogen (secondary N) is 1. The number of rotatable bonds is 8. The fourth-order valence-electron chi connectivity index (χ4n) is 4.24. The largest absolute Gasteiger partial charge is 0.497 e. The van der Waals surface area contributed by atoms with Crippen LogP contribution in [-0.2, 0) is 11.2 Å². The molecule has 6 nitrogen and oxygen atoms in total. The number of methoxy groups -OCH3 is 1. The Hall–Kier alpha value is -3.41. The van der Waals surface area contributed by atoms with Crippen LogP contribution in [0.3, 0.4) is 0 Å². The zero-order chi connectivity index (χ0) is 23.0. The lowest BCUT2D eigenvalue weighted by Gasteiger charge is -2.32. The standard InChI is InChI=1S/C27H32N4O2/c1-20(8-9-21-6-4-3-5-7-21)28-27(32)23-16-18-31(19-17-23)26-15-14-25(29-30-26)22-10-12-24(33-2)13-11-22/h3-7,10-15,20,23H,8-9,16-19H2,1-2H3,(H,28,32). The molecule has 1 unspecified atom stereocenters. The maximum Gasteiger partial charge on any atom is 0.223 e. The highest BCUT2D eigenvalue weighted by Crippen LogP contribution is 2.24. The van der Waals surface area contributed by atoms with Crippen LogP contribution in [0.2, 0.25) is 0 Å². The molecule has 0 aliphatic carbocycles. The van der Waals surface area contributed by atoms with Crippen molar-refractivity contribution < 1.29 is 9.53 Å². The van der Waals surface area contributed by atoms with Crippen molar-refractivity contribution >= 4 is 11.7 Å². The monoisotopic (exact) mass is 444 g/mol. The molecule has 1 aliphatic heterocycles. The van der Waals surface area contributed by atoms with Crippen molar-refractivity contribution in [1.82, 2.24) is 15.5 Å². The summed E-state index contributed by atoms with van der Waals surface area (Å²) in [6, 6.07) is 22.4. The summed E-state index contributed by atoms with van der Waals surface area (Å²) in [6.45, 7) is 3.72. The van der Waals surface area contributed by atoms with Crippen LogP contribution in [0.5, 0.6) is 5.75 Å². The van der Waals surface area contributed by atoms with Gasteiger partial charge in [0.2, 0.25) is 5.91 Å². The molecule has 0 bridgehead atoms. The number of aryl methyl sites for hydroxylation is 1. The second kappa shape index (κ2) is 10.9. The lowest BCUT2D eigenvalue weighted by molar-refractivity contribution is -0.126. The Morgan fingerprint density at radius 3 is 2.39 bits per heavy atom. The molecule has 0 spiro atoms. The van der Waals surface area contributed by atoms with E-state index in [0.29, 0.717) is 0 Å². The van der Waals surface area contributed by atoms with Gasteiger partial charge < -0.3 is 15.0 Å². The molecule has 33 heavy (non-hydrogen) atoms. The average molecular weight is 445 g/mol. The predicted octanol–water partition coefficient (Wildman–Crippen LogP) is 4.51. The van der Waals surface area contributed by atoms with Gasteiger partial charge in [0, 0.05) is 30.6 Å². The summed E-state index contributed by atoms with van der Waals surface area (Å²) in [7, 11) is 1.66. The third kappa shape index (κ3) is 6.09. The maximum atomic E-state index is 12.7. The van der Waals surface area contributed by atoms with Crippen molar-refractivity contribution in [1.29, 1.82) is 0 Å². The van der Waals surface area contributed by atoms with E-state index >= 15 is 0 Å². The predicted molar refractivity (Wildman–Crippen MR) is 131 cm³/mol.